The lowest BCUT2D eigenvalue weighted by Gasteiger charge is -2.42. The van der Waals surface area contributed by atoms with Gasteiger partial charge in [-0.1, -0.05) is 48.2 Å². The Kier molecular flexibility index (Phi) is 2.56. The van der Waals surface area contributed by atoms with Crippen LogP contribution in [0.1, 0.15) is 56.3 Å². The van der Waals surface area contributed by atoms with Crippen LogP contribution in [-0.4, -0.2) is 0 Å². The number of terminal acetylenes is 2. The SMILES string of the molecule is C#Cc1ccc2c(c1)C1c3ccccc3C2c2cc(C#C)ccc21. The van der Waals surface area contributed by atoms with Crippen LogP contribution in [0.3, 0.4) is 0 Å². The van der Waals surface area contributed by atoms with Crippen molar-refractivity contribution in [3.05, 3.63) is 105 Å². The fraction of sp³-hybridized carbons (Fsp3) is 0.0833. The third kappa shape index (κ3) is 1.56. The summed E-state index contributed by atoms with van der Waals surface area (Å²) in [6, 6.07) is 21.6. The van der Waals surface area contributed by atoms with Gasteiger partial charge in [-0.2, -0.15) is 0 Å². The van der Waals surface area contributed by atoms with Crippen LogP contribution >= 0.6 is 0 Å². The molecule has 3 aromatic rings. The molecule has 0 saturated heterocycles. The van der Waals surface area contributed by atoms with E-state index in [0.717, 1.165) is 11.1 Å². The molecule has 2 atom stereocenters. The van der Waals surface area contributed by atoms with Crippen molar-refractivity contribution in [1.82, 2.24) is 0 Å². The van der Waals surface area contributed by atoms with Crippen molar-refractivity contribution in [3.63, 3.8) is 0 Å². The summed E-state index contributed by atoms with van der Waals surface area (Å²) in [5.41, 5.74) is 10.1. The Morgan fingerprint density at radius 3 is 1.38 bits per heavy atom. The van der Waals surface area contributed by atoms with Crippen LogP contribution in [-0.2, 0) is 0 Å². The fourth-order valence-corrected chi connectivity index (χ4v) is 4.40. The molecule has 0 aliphatic heterocycles. The van der Waals surface area contributed by atoms with Crippen molar-refractivity contribution >= 4 is 0 Å². The van der Waals surface area contributed by atoms with Gasteiger partial charge in [0.25, 0.3) is 0 Å². The molecule has 110 valence electrons. The molecule has 3 aliphatic carbocycles. The molecule has 0 amide bonds. The summed E-state index contributed by atoms with van der Waals surface area (Å²) >= 11 is 0. The lowest BCUT2D eigenvalue weighted by molar-refractivity contribution is 0.753. The van der Waals surface area contributed by atoms with Crippen LogP contribution in [0.5, 0.6) is 0 Å². The van der Waals surface area contributed by atoms with Gasteiger partial charge in [-0.15, -0.1) is 12.8 Å². The van der Waals surface area contributed by atoms with E-state index in [1.807, 2.05) is 12.1 Å². The highest BCUT2D eigenvalue weighted by atomic mass is 14.4. The van der Waals surface area contributed by atoms with Crippen molar-refractivity contribution < 1.29 is 0 Å². The molecule has 0 aromatic heterocycles. The van der Waals surface area contributed by atoms with Gasteiger partial charge in [-0.3, -0.25) is 0 Å². The Balaban J connectivity index is 1.87. The average molecular weight is 302 g/mol. The van der Waals surface area contributed by atoms with E-state index in [9.17, 15) is 0 Å². The van der Waals surface area contributed by atoms with Gasteiger partial charge >= 0.3 is 0 Å². The maximum absolute atomic E-state index is 5.64. The maximum atomic E-state index is 5.64. The van der Waals surface area contributed by atoms with Crippen LogP contribution in [0.15, 0.2) is 60.7 Å². The third-order valence-electron chi connectivity index (χ3n) is 5.37. The van der Waals surface area contributed by atoms with Gasteiger partial charge in [0.1, 0.15) is 0 Å². The van der Waals surface area contributed by atoms with Crippen molar-refractivity contribution in [3.8, 4) is 24.7 Å². The van der Waals surface area contributed by atoms with E-state index in [-0.39, 0.29) is 11.8 Å². The number of hydrogen-bond donors (Lipinski definition) is 0. The molecular weight excluding hydrogens is 288 g/mol. The summed E-state index contributed by atoms with van der Waals surface area (Å²) in [4.78, 5) is 0. The number of rotatable bonds is 0. The Morgan fingerprint density at radius 1 is 0.542 bits per heavy atom. The zero-order chi connectivity index (χ0) is 16.3. The first kappa shape index (κ1) is 13.2. The minimum atomic E-state index is 0.247. The Morgan fingerprint density at radius 2 is 0.958 bits per heavy atom. The first-order chi connectivity index (χ1) is 11.8. The van der Waals surface area contributed by atoms with Crippen molar-refractivity contribution in [2.75, 3.05) is 0 Å². The Labute approximate surface area is 142 Å². The summed E-state index contributed by atoms with van der Waals surface area (Å²) in [5, 5.41) is 0. The van der Waals surface area contributed by atoms with Gasteiger partial charge in [0.05, 0.1) is 0 Å². The summed E-state index contributed by atoms with van der Waals surface area (Å²) in [6.07, 6.45) is 11.3. The molecule has 0 heteroatoms. The van der Waals surface area contributed by atoms with E-state index in [1.54, 1.807) is 0 Å². The standard InChI is InChI=1S/C24H14/c1-3-15-9-11-19-21(13-15)23-17-7-5-6-8-18(17)24(19)22-14-16(4-2)10-12-20(22)23/h1-2,5-14,23-24H. The largest absolute Gasteiger partial charge is 0.115 e. The van der Waals surface area contributed by atoms with Crippen molar-refractivity contribution in [2.24, 2.45) is 0 Å². The van der Waals surface area contributed by atoms with E-state index in [4.69, 9.17) is 12.8 Å². The molecule has 0 radical (unpaired) electrons. The van der Waals surface area contributed by atoms with Crippen LogP contribution < -0.4 is 0 Å². The van der Waals surface area contributed by atoms with Crippen LogP contribution in [0.25, 0.3) is 0 Å². The maximum Gasteiger partial charge on any atom is 0.0349 e. The van der Waals surface area contributed by atoms with Crippen molar-refractivity contribution in [1.29, 1.82) is 0 Å². The zero-order valence-electron chi connectivity index (χ0n) is 13.1. The van der Waals surface area contributed by atoms with E-state index < -0.39 is 0 Å². The molecule has 2 unspecified atom stereocenters. The number of benzene rings is 3. The van der Waals surface area contributed by atoms with Crippen LogP contribution in [0.2, 0.25) is 0 Å². The topological polar surface area (TPSA) is 0 Å². The van der Waals surface area contributed by atoms with Gasteiger partial charge in [0.15, 0.2) is 0 Å². The quantitative estimate of drug-likeness (QED) is 0.366. The van der Waals surface area contributed by atoms with Gasteiger partial charge in [-0.05, 0) is 57.6 Å². The van der Waals surface area contributed by atoms with E-state index in [1.165, 1.54) is 33.4 Å². The first-order valence-corrected chi connectivity index (χ1v) is 8.11. The summed E-state index contributed by atoms with van der Waals surface area (Å²) in [5.74, 6) is 6.05. The summed E-state index contributed by atoms with van der Waals surface area (Å²) in [7, 11) is 0. The Bertz CT molecular complexity index is 997. The molecule has 0 N–H and O–H groups in total. The van der Waals surface area contributed by atoms with E-state index in [0.29, 0.717) is 0 Å². The van der Waals surface area contributed by atoms with Crippen molar-refractivity contribution in [2.45, 2.75) is 11.8 Å². The third-order valence-corrected chi connectivity index (χ3v) is 5.37. The monoisotopic (exact) mass is 302 g/mol. The Hall–Kier alpha value is -3.22. The first-order valence-electron chi connectivity index (χ1n) is 8.11. The molecule has 0 fully saturated rings. The molecule has 0 heterocycles. The molecular formula is C24H14. The molecule has 24 heavy (non-hydrogen) atoms. The average Bonchev–Trinajstić information content (AvgIpc) is 2.66. The summed E-state index contributed by atoms with van der Waals surface area (Å²) in [6.45, 7) is 0. The van der Waals surface area contributed by atoms with Crippen LogP contribution in [0, 0.1) is 24.7 Å². The normalized spacial score (nSPS) is 18.8. The van der Waals surface area contributed by atoms with E-state index >= 15 is 0 Å². The highest BCUT2D eigenvalue weighted by Crippen LogP contribution is 2.55. The lowest BCUT2D eigenvalue weighted by atomic mass is 9.61. The van der Waals surface area contributed by atoms with Gasteiger partial charge < -0.3 is 0 Å². The minimum Gasteiger partial charge on any atom is -0.115 e. The predicted molar refractivity (Wildman–Crippen MR) is 97.1 cm³/mol. The lowest BCUT2D eigenvalue weighted by Crippen LogP contribution is -2.27. The van der Waals surface area contributed by atoms with Gasteiger partial charge in [0.2, 0.25) is 0 Å². The second-order valence-electron chi connectivity index (χ2n) is 6.47. The second-order valence-corrected chi connectivity index (χ2v) is 6.47. The molecule has 3 aromatic carbocycles. The molecule has 0 nitrogen and oxygen atoms in total. The minimum absolute atomic E-state index is 0.247. The molecule has 0 saturated carbocycles. The zero-order valence-corrected chi connectivity index (χ0v) is 13.1. The molecule has 2 bridgehead atoms. The predicted octanol–water partition coefficient (Wildman–Crippen LogP) is 4.64. The molecule has 6 rings (SSSR count). The smallest absolute Gasteiger partial charge is 0.0349 e. The summed E-state index contributed by atoms with van der Waals surface area (Å²) < 4.78 is 0. The highest BCUT2D eigenvalue weighted by Gasteiger charge is 2.41. The molecule has 3 aliphatic rings. The van der Waals surface area contributed by atoms with Crippen LogP contribution in [0.4, 0.5) is 0 Å². The van der Waals surface area contributed by atoms with Gasteiger partial charge in [-0.25, -0.2) is 0 Å². The fourth-order valence-electron chi connectivity index (χ4n) is 4.40. The highest BCUT2D eigenvalue weighted by molar-refractivity contribution is 5.69. The van der Waals surface area contributed by atoms with E-state index in [2.05, 4.69) is 60.4 Å². The number of hydrogen-bond acceptors (Lipinski definition) is 0. The second kappa shape index (κ2) is 4.64. The van der Waals surface area contributed by atoms with Gasteiger partial charge in [0, 0.05) is 23.0 Å². The molecule has 0 spiro atoms.